The average Bonchev–Trinajstić information content (AvgIpc) is 2.82. The Bertz CT molecular complexity index is 405. The minimum absolute atomic E-state index is 0.0260. The Labute approximate surface area is 126 Å². The Morgan fingerprint density at radius 1 is 1.48 bits per heavy atom. The summed E-state index contributed by atoms with van der Waals surface area (Å²) in [5.41, 5.74) is 0. The van der Waals surface area contributed by atoms with Gasteiger partial charge in [0.1, 0.15) is 6.10 Å². The standard InChI is InChI=1S/C15H25N3O3/c1-15(2)20-11-13(21-15)12-10-14(19)18(9-5-6-16)8-4-3-7-17-12/h12-13,17H,3-5,7-11H2,1-2H3/t12-,13-/m1/s1. The van der Waals surface area contributed by atoms with Crippen LogP contribution in [-0.4, -0.2) is 55.0 Å². The van der Waals surface area contributed by atoms with E-state index >= 15 is 0 Å². The van der Waals surface area contributed by atoms with Gasteiger partial charge in [-0.25, -0.2) is 0 Å². The molecule has 0 saturated carbocycles. The molecule has 2 aliphatic heterocycles. The van der Waals surface area contributed by atoms with Crippen molar-refractivity contribution in [1.29, 1.82) is 5.26 Å². The number of ether oxygens (including phenoxy) is 2. The Kier molecular flexibility index (Phi) is 5.57. The monoisotopic (exact) mass is 295 g/mol. The average molecular weight is 295 g/mol. The smallest absolute Gasteiger partial charge is 0.224 e. The maximum absolute atomic E-state index is 12.4. The highest BCUT2D eigenvalue weighted by Gasteiger charge is 2.38. The molecular weight excluding hydrogens is 270 g/mol. The van der Waals surface area contributed by atoms with Gasteiger partial charge in [0, 0.05) is 25.6 Å². The van der Waals surface area contributed by atoms with Crippen molar-refractivity contribution in [2.75, 3.05) is 26.2 Å². The van der Waals surface area contributed by atoms with Crippen LogP contribution in [0.15, 0.2) is 0 Å². The lowest BCUT2D eigenvalue weighted by molar-refractivity contribution is -0.145. The van der Waals surface area contributed by atoms with Crippen LogP contribution in [0, 0.1) is 11.3 Å². The molecule has 2 atom stereocenters. The highest BCUT2D eigenvalue weighted by molar-refractivity contribution is 5.77. The first-order valence-corrected chi connectivity index (χ1v) is 7.72. The van der Waals surface area contributed by atoms with Crippen molar-refractivity contribution in [3.63, 3.8) is 0 Å². The lowest BCUT2D eigenvalue weighted by atomic mass is 10.1. The molecule has 118 valence electrons. The summed E-state index contributed by atoms with van der Waals surface area (Å²) in [4.78, 5) is 14.2. The number of rotatable bonds is 3. The topological polar surface area (TPSA) is 74.6 Å². The summed E-state index contributed by atoms with van der Waals surface area (Å²) >= 11 is 0. The van der Waals surface area contributed by atoms with E-state index in [0.717, 1.165) is 25.9 Å². The lowest BCUT2D eigenvalue weighted by Gasteiger charge is -2.26. The fourth-order valence-corrected chi connectivity index (χ4v) is 2.83. The van der Waals surface area contributed by atoms with Crippen molar-refractivity contribution in [2.45, 2.75) is 57.5 Å². The van der Waals surface area contributed by atoms with Crippen LogP contribution in [-0.2, 0) is 14.3 Å². The van der Waals surface area contributed by atoms with Crippen LogP contribution >= 0.6 is 0 Å². The van der Waals surface area contributed by atoms with E-state index in [-0.39, 0.29) is 18.1 Å². The molecule has 1 N–H and O–H groups in total. The van der Waals surface area contributed by atoms with Gasteiger partial charge in [0.25, 0.3) is 0 Å². The molecule has 0 unspecified atom stereocenters. The molecule has 6 heteroatoms. The molecule has 21 heavy (non-hydrogen) atoms. The van der Waals surface area contributed by atoms with Crippen LogP contribution in [0.2, 0.25) is 0 Å². The number of nitrogens with zero attached hydrogens (tertiary/aromatic N) is 2. The summed E-state index contributed by atoms with van der Waals surface area (Å²) in [5.74, 6) is -0.480. The number of carbonyl (C=O) groups is 1. The van der Waals surface area contributed by atoms with Gasteiger partial charge in [-0.2, -0.15) is 5.26 Å². The van der Waals surface area contributed by atoms with Crippen molar-refractivity contribution >= 4 is 5.91 Å². The van der Waals surface area contributed by atoms with Crippen LogP contribution in [0.3, 0.4) is 0 Å². The minimum atomic E-state index is -0.575. The molecule has 6 nitrogen and oxygen atoms in total. The van der Waals surface area contributed by atoms with Crippen molar-refractivity contribution in [1.82, 2.24) is 10.2 Å². The van der Waals surface area contributed by atoms with Gasteiger partial charge in [-0.05, 0) is 33.2 Å². The Morgan fingerprint density at radius 2 is 2.29 bits per heavy atom. The zero-order chi connectivity index (χ0) is 15.3. The summed E-state index contributed by atoms with van der Waals surface area (Å²) < 4.78 is 11.5. The first-order valence-electron chi connectivity index (χ1n) is 7.72. The van der Waals surface area contributed by atoms with Gasteiger partial charge in [0.2, 0.25) is 5.91 Å². The number of hydrogen-bond donors (Lipinski definition) is 1. The van der Waals surface area contributed by atoms with E-state index in [1.165, 1.54) is 0 Å². The van der Waals surface area contributed by atoms with Gasteiger partial charge in [-0.3, -0.25) is 4.79 Å². The largest absolute Gasteiger partial charge is 0.348 e. The van der Waals surface area contributed by atoms with Gasteiger partial charge < -0.3 is 19.7 Å². The highest BCUT2D eigenvalue weighted by atomic mass is 16.7. The van der Waals surface area contributed by atoms with E-state index in [1.807, 2.05) is 18.7 Å². The molecule has 2 heterocycles. The molecule has 0 aromatic rings. The Hall–Kier alpha value is -1.16. The summed E-state index contributed by atoms with van der Waals surface area (Å²) in [6, 6.07) is 2.08. The van der Waals surface area contributed by atoms with Gasteiger partial charge in [0.15, 0.2) is 5.79 Å². The molecule has 0 aliphatic carbocycles. The molecule has 2 fully saturated rings. The van der Waals surface area contributed by atoms with Crippen LogP contribution in [0.5, 0.6) is 0 Å². The molecule has 2 aliphatic rings. The second-order valence-electron chi connectivity index (χ2n) is 6.13. The Morgan fingerprint density at radius 3 is 2.95 bits per heavy atom. The van der Waals surface area contributed by atoms with Crippen LogP contribution in [0.4, 0.5) is 0 Å². The third-order valence-electron chi connectivity index (χ3n) is 3.98. The van der Waals surface area contributed by atoms with Crippen molar-refractivity contribution in [2.24, 2.45) is 0 Å². The molecule has 0 spiro atoms. The van der Waals surface area contributed by atoms with E-state index < -0.39 is 5.79 Å². The van der Waals surface area contributed by atoms with Gasteiger partial charge in [0.05, 0.1) is 19.1 Å². The van der Waals surface area contributed by atoms with E-state index in [1.54, 1.807) is 0 Å². The minimum Gasteiger partial charge on any atom is -0.348 e. The molecule has 1 amide bonds. The zero-order valence-electron chi connectivity index (χ0n) is 12.9. The maximum Gasteiger partial charge on any atom is 0.224 e. The van der Waals surface area contributed by atoms with Crippen molar-refractivity contribution in [3.8, 4) is 6.07 Å². The third kappa shape index (κ3) is 4.67. The summed E-state index contributed by atoms with van der Waals surface area (Å²) in [6.45, 7) is 6.44. The first kappa shape index (κ1) is 16.2. The maximum atomic E-state index is 12.4. The van der Waals surface area contributed by atoms with E-state index in [0.29, 0.717) is 26.0 Å². The second-order valence-corrected chi connectivity index (χ2v) is 6.13. The number of nitriles is 1. The summed E-state index contributed by atoms with van der Waals surface area (Å²) in [5, 5.41) is 12.1. The van der Waals surface area contributed by atoms with Crippen molar-refractivity contribution in [3.05, 3.63) is 0 Å². The van der Waals surface area contributed by atoms with Gasteiger partial charge in [-0.1, -0.05) is 0 Å². The predicted octanol–water partition coefficient (Wildman–Crippen LogP) is 1.02. The molecule has 0 radical (unpaired) electrons. The number of amides is 1. The molecule has 0 aromatic heterocycles. The SMILES string of the molecule is CC1(C)OC[C@H]([C@H]2CC(=O)N(CCC#N)CCCCN2)O1. The van der Waals surface area contributed by atoms with Gasteiger partial charge >= 0.3 is 0 Å². The van der Waals surface area contributed by atoms with E-state index in [2.05, 4.69) is 11.4 Å². The first-order chi connectivity index (χ1) is 10.0. The van der Waals surface area contributed by atoms with Crippen molar-refractivity contribution < 1.29 is 14.3 Å². The molecule has 0 aromatic carbocycles. The highest BCUT2D eigenvalue weighted by Crippen LogP contribution is 2.25. The molecule has 2 rings (SSSR count). The fourth-order valence-electron chi connectivity index (χ4n) is 2.83. The molecule has 0 bridgehead atoms. The summed E-state index contributed by atoms with van der Waals surface area (Å²) in [6.07, 6.45) is 2.67. The zero-order valence-corrected chi connectivity index (χ0v) is 12.9. The van der Waals surface area contributed by atoms with E-state index in [4.69, 9.17) is 14.7 Å². The molecule has 2 saturated heterocycles. The van der Waals surface area contributed by atoms with Crippen LogP contribution in [0.1, 0.15) is 39.5 Å². The fraction of sp³-hybridized carbons (Fsp3) is 0.867. The number of carbonyl (C=O) groups excluding carboxylic acids is 1. The Balaban J connectivity index is 1.98. The summed E-state index contributed by atoms with van der Waals surface area (Å²) in [7, 11) is 0. The van der Waals surface area contributed by atoms with E-state index in [9.17, 15) is 4.79 Å². The van der Waals surface area contributed by atoms with Crippen LogP contribution in [0.25, 0.3) is 0 Å². The number of nitrogens with one attached hydrogen (secondary N) is 1. The predicted molar refractivity (Wildman–Crippen MR) is 77.4 cm³/mol. The quantitative estimate of drug-likeness (QED) is 0.841. The number of hydrogen-bond acceptors (Lipinski definition) is 5. The van der Waals surface area contributed by atoms with Gasteiger partial charge in [-0.15, -0.1) is 0 Å². The normalized spacial score (nSPS) is 30.3. The molecular formula is C15H25N3O3. The lowest BCUT2D eigenvalue weighted by Crippen LogP contribution is -2.45. The van der Waals surface area contributed by atoms with Crippen LogP contribution < -0.4 is 5.32 Å². The third-order valence-corrected chi connectivity index (χ3v) is 3.98. The second kappa shape index (κ2) is 7.21.